The van der Waals surface area contributed by atoms with Gasteiger partial charge in [-0.25, -0.2) is 0 Å². The van der Waals surface area contributed by atoms with E-state index in [1.54, 1.807) is 11.3 Å². The highest BCUT2D eigenvalue weighted by atomic mass is 32.1. The van der Waals surface area contributed by atoms with Crippen LogP contribution in [0.2, 0.25) is 0 Å². The van der Waals surface area contributed by atoms with E-state index in [2.05, 4.69) is 22.1 Å². The number of nitrogens with one attached hydrogen (secondary N) is 1. The first-order valence-electron chi connectivity index (χ1n) is 5.82. The molecule has 1 aromatic heterocycles. The second-order valence-electron chi connectivity index (χ2n) is 4.19. The Labute approximate surface area is 100 Å². The van der Waals surface area contributed by atoms with E-state index in [9.17, 15) is 4.79 Å². The molecule has 1 N–H and O–H groups in total. The highest BCUT2D eigenvalue weighted by molar-refractivity contribution is 7.07. The van der Waals surface area contributed by atoms with Crippen molar-refractivity contribution in [1.29, 1.82) is 0 Å². The third kappa shape index (κ3) is 2.83. The van der Waals surface area contributed by atoms with E-state index in [-0.39, 0.29) is 5.91 Å². The van der Waals surface area contributed by atoms with E-state index in [0.717, 1.165) is 26.1 Å². The molecular weight excluding hydrogens is 220 g/mol. The minimum Gasteiger partial charge on any atom is -0.341 e. The second-order valence-corrected chi connectivity index (χ2v) is 4.97. The van der Waals surface area contributed by atoms with Gasteiger partial charge in [-0.15, -0.1) is 0 Å². The summed E-state index contributed by atoms with van der Waals surface area (Å²) in [6.45, 7) is 4.63. The van der Waals surface area contributed by atoms with Gasteiger partial charge in [-0.05, 0) is 28.8 Å². The van der Waals surface area contributed by atoms with Crippen LogP contribution in [-0.4, -0.2) is 29.9 Å². The number of amides is 1. The maximum absolute atomic E-state index is 11.5. The van der Waals surface area contributed by atoms with Gasteiger partial charge in [0.25, 0.3) is 0 Å². The van der Waals surface area contributed by atoms with Crippen LogP contribution < -0.4 is 5.32 Å². The van der Waals surface area contributed by atoms with Crippen molar-refractivity contribution in [1.82, 2.24) is 10.2 Å². The van der Waals surface area contributed by atoms with Gasteiger partial charge >= 0.3 is 0 Å². The molecule has 2 rings (SSSR count). The van der Waals surface area contributed by atoms with Crippen molar-refractivity contribution in [2.24, 2.45) is 0 Å². The monoisotopic (exact) mass is 238 g/mol. The lowest BCUT2D eigenvalue weighted by atomic mass is 10.2. The molecule has 0 saturated carbocycles. The minimum atomic E-state index is 0.278. The Kier molecular flexibility index (Phi) is 3.96. The Morgan fingerprint density at radius 1 is 1.69 bits per heavy atom. The van der Waals surface area contributed by atoms with Crippen LogP contribution in [0.3, 0.4) is 0 Å². The lowest BCUT2D eigenvalue weighted by Gasteiger charge is -2.16. The number of nitrogens with zero attached hydrogens (tertiary/aromatic N) is 1. The van der Waals surface area contributed by atoms with E-state index >= 15 is 0 Å². The zero-order chi connectivity index (χ0) is 11.4. The Morgan fingerprint density at radius 3 is 3.25 bits per heavy atom. The molecule has 0 spiro atoms. The first kappa shape index (κ1) is 11.6. The molecule has 16 heavy (non-hydrogen) atoms. The highest BCUT2D eigenvalue weighted by Gasteiger charge is 2.24. The summed E-state index contributed by atoms with van der Waals surface area (Å²) in [6, 6.07) is 2.61. The fraction of sp³-hybridized carbons (Fsp3) is 0.583. The molecule has 1 fully saturated rings. The molecule has 1 atom stereocenters. The van der Waals surface area contributed by atoms with Crippen LogP contribution >= 0.6 is 11.3 Å². The van der Waals surface area contributed by atoms with Crippen molar-refractivity contribution in [3.8, 4) is 0 Å². The van der Waals surface area contributed by atoms with Crippen LogP contribution in [0.4, 0.5) is 0 Å². The summed E-state index contributed by atoms with van der Waals surface area (Å²) in [7, 11) is 0. The predicted molar refractivity (Wildman–Crippen MR) is 66.4 cm³/mol. The molecule has 2 heterocycles. The van der Waals surface area contributed by atoms with E-state index in [4.69, 9.17) is 0 Å². The average molecular weight is 238 g/mol. The molecule has 1 aliphatic rings. The first-order chi connectivity index (χ1) is 7.79. The molecular formula is C12H18N2OS. The highest BCUT2D eigenvalue weighted by Crippen LogP contribution is 2.12. The normalized spacial score (nSPS) is 20.3. The van der Waals surface area contributed by atoms with Gasteiger partial charge in [-0.3, -0.25) is 4.79 Å². The molecule has 0 bridgehead atoms. The van der Waals surface area contributed by atoms with Crippen LogP contribution in [-0.2, 0) is 11.3 Å². The maximum atomic E-state index is 11.5. The standard InChI is InChI=1S/C12H18N2OS/c1-2-12(15)14-5-3-11(8-14)13-7-10-4-6-16-9-10/h4,6,9,11,13H,2-3,5,7-8H2,1H3. The molecule has 1 aliphatic heterocycles. The molecule has 3 nitrogen and oxygen atoms in total. The number of hydrogen-bond acceptors (Lipinski definition) is 3. The number of thiophene rings is 1. The molecule has 4 heteroatoms. The third-order valence-electron chi connectivity index (χ3n) is 3.02. The quantitative estimate of drug-likeness (QED) is 0.868. The lowest BCUT2D eigenvalue weighted by molar-refractivity contribution is -0.129. The summed E-state index contributed by atoms with van der Waals surface area (Å²) in [5.41, 5.74) is 1.34. The van der Waals surface area contributed by atoms with Gasteiger partial charge in [0.2, 0.25) is 5.91 Å². The fourth-order valence-corrected chi connectivity index (χ4v) is 2.70. The van der Waals surface area contributed by atoms with Crippen molar-refractivity contribution in [3.63, 3.8) is 0 Å². The van der Waals surface area contributed by atoms with Crippen molar-refractivity contribution < 1.29 is 4.79 Å². The Balaban J connectivity index is 1.75. The molecule has 88 valence electrons. The van der Waals surface area contributed by atoms with Gasteiger partial charge in [-0.2, -0.15) is 11.3 Å². The van der Waals surface area contributed by atoms with E-state index in [1.165, 1.54) is 5.56 Å². The molecule has 0 aromatic carbocycles. The Bertz CT molecular complexity index is 337. The van der Waals surface area contributed by atoms with Crippen LogP contribution in [0, 0.1) is 0 Å². The number of carbonyl (C=O) groups is 1. The number of likely N-dealkylation sites (tertiary alicyclic amines) is 1. The molecule has 1 amide bonds. The van der Waals surface area contributed by atoms with Gasteiger partial charge in [0.15, 0.2) is 0 Å². The minimum absolute atomic E-state index is 0.278. The van der Waals surface area contributed by atoms with Crippen molar-refractivity contribution in [3.05, 3.63) is 22.4 Å². The topological polar surface area (TPSA) is 32.3 Å². The molecule has 1 unspecified atom stereocenters. The summed E-state index contributed by atoms with van der Waals surface area (Å²) in [4.78, 5) is 13.5. The van der Waals surface area contributed by atoms with E-state index < -0.39 is 0 Å². The maximum Gasteiger partial charge on any atom is 0.222 e. The summed E-state index contributed by atoms with van der Waals surface area (Å²) in [5, 5.41) is 7.77. The van der Waals surface area contributed by atoms with Gasteiger partial charge < -0.3 is 10.2 Å². The molecule has 0 aliphatic carbocycles. The molecule has 1 aromatic rings. The summed E-state index contributed by atoms with van der Waals surface area (Å²) in [6.07, 6.45) is 1.70. The third-order valence-corrected chi connectivity index (χ3v) is 3.75. The zero-order valence-corrected chi connectivity index (χ0v) is 10.4. The van der Waals surface area contributed by atoms with Crippen LogP contribution in [0.25, 0.3) is 0 Å². The van der Waals surface area contributed by atoms with Gasteiger partial charge in [-0.1, -0.05) is 6.92 Å². The van der Waals surface area contributed by atoms with E-state index in [0.29, 0.717) is 12.5 Å². The van der Waals surface area contributed by atoms with Crippen LogP contribution in [0.15, 0.2) is 16.8 Å². The summed E-state index contributed by atoms with van der Waals surface area (Å²) < 4.78 is 0. The number of hydrogen-bond donors (Lipinski definition) is 1. The van der Waals surface area contributed by atoms with Gasteiger partial charge in [0, 0.05) is 32.1 Å². The molecule has 1 saturated heterocycles. The van der Waals surface area contributed by atoms with E-state index in [1.807, 2.05) is 11.8 Å². The SMILES string of the molecule is CCC(=O)N1CCC(NCc2ccsc2)C1. The van der Waals surface area contributed by atoms with Crippen LogP contribution in [0.1, 0.15) is 25.3 Å². The fourth-order valence-electron chi connectivity index (χ4n) is 2.03. The van der Waals surface area contributed by atoms with Crippen LogP contribution in [0.5, 0.6) is 0 Å². The first-order valence-corrected chi connectivity index (χ1v) is 6.76. The predicted octanol–water partition coefficient (Wildman–Crippen LogP) is 1.85. The van der Waals surface area contributed by atoms with Crippen molar-refractivity contribution >= 4 is 17.2 Å². The van der Waals surface area contributed by atoms with Crippen molar-refractivity contribution in [2.75, 3.05) is 13.1 Å². The molecule has 0 radical (unpaired) electrons. The number of carbonyl (C=O) groups excluding carboxylic acids is 1. The number of rotatable bonds is 4. The van der Waals surface area contributed by atoms with Gasteiger partial charge in [0.05, 0.1) is 0 Å². The summed E-state index contributed by atoms with van der Waals surface area (Å²) in [5.74, 6) is 0.278. The average Bonchev–Trinajstić information content (AvgIpc) is 2.96. The Hall–Kier alpha value is -0.870. The van der Waals surface area contributed by atoms with Crippen molar-refractivity contribution in [2.45, 2.75) is 32.4 Å². The second kappa shape index (κ2) is 5.46. The largest absolute Gasteiger partial charge is 0.341 e. The Morgan fingerprint density at radius 2 is 2.56 bits per heavy atom. The summed E-state index contributed by atoms with van der Waals surface area (Å²) >= 11 is 1.73. The lowest BCUT2D eigenvalue weighted by Crippen LogP contribution is -2.34. The zero-order valence-electron chi connectivity index (χ0n) is 9.61. The smallest absolute Gasteiger partial charge is 0.222 e. The van der Waals surface area contributed by atoms with Gasteiger partial charge in [0.1, 0.15) is 0 Å².